The van der Waals surface area contributed by atoms with E-state index in [0.717, 1.165) is 42.7 Å². The summed E-state index contributed by atoms with van der Waals surface area (Å²) in [4.78, 5) is 0. The van der Waals surface area contributed by atoms with Gasteiger partial charge < -0.3 is 8.98 Å². The first-order valence-electron chi connectivity index (χ1n) is 5.76. The van der Waals surface area contributed by atoms with E-state index in [0.29, 0.717) is 0 Å². The highest BCUT2D eigenvalue weighted by Gasteiger charge is 2.20. The van der Waals surface area contributed by atoms with Gasteiger partial charge in [0.2, 0.25) is 0 Å². The Morgan fingerprint density at radius 1 is 1.50 bits per heavy atom. The average molecular weight is 217 g/mol. The van der Waals surface area contributed by atoms with Gasteiger partial charge in [0.1, 0.15) is 17.4 Å². The molecule has 0 radical (unpaired) electrons. The highest BCUT2D eigenvalue weighted by molar-refractivity contribution is 5.09. The average Bonchev–Trinajstić information content (AvgIpc) is 2.89. The zero-order valence-electron chi connectivity index (χ0n) is 9.39. The number of hydrogen-bond donors (Lipinski definition) is 0. The maximum Gasteiger partial charge on any atom is 0.140 e. The van der Waals surface area contributed by atoms with Crippen LogP contribution >= 0.6 is 0 Å². The number of aromatic nitrogens is 3. The number of rotatable bonds is 2. The molecule has 0 saturated carbocycles. The Balaban J connectivity index is 1.86. The molecule has 84 valence electrons. The largest absolute Gasteiger partial charge is 0.469 e. The van der Waals surface area contributed by atoms with Crippen LogP contribution in [0.4, 0.5) is 0 Å². The Morgan fingerprint density at radius 2 is 2.44 bits per heavy atom. The second kappa shape index (κ2) is 3.77. The van der Waals surface area contributed by atoms with E-state index in [1.54, 1.807) is 6.26 Å². The first-order valence-corrected chi connectivity index (χ1v) is 5.76. The van der Waals surface area contributed by atoms with Crippen molar-refractivity contribution in [3.8, 4) is 0 Å². The fourth-order valence-electron chi connectivity index (χ4n) is 2.24. The van der Waals surface area contributed by atoms with Crippen LogP contribution in [0.1, 0.15) is 30.8 Å². The third-order valence-corrected chi connectivity index (χ3v) is 3.19. The van der Waals surface area contributed by atoms with Crippen molar-refractivity contribution in [2.45, 2.75) is 32.7 Å². The van der Waals surface area contributed by atoms with Crippen LogP contribution in [0.25, 0.3) is 0 Å². The topological polar surface area (TPSA) is 43.9 Å². The molecule has 1 aliphatic rings. The number of furan rings is 1. The molecule has 0 amide bonds. The summed E-state index contributed by atoms with van der Waals surface area (Å²) < 4.78 is 7.58. The maximum absolute atomic E-state index is 5.34. The maximum atomic E-state index is 5.34. The number of nitrogens with zero attached hydrogens (tertiary/aromatic N) is 3. The van der Waals surface area contributed by atoms with Crippen molar-refractivity contribution in [3.63, 3.8) is 0 Å². The van der Waals surface area contributed by atoms with E-state index >= 15 is 0 Å². The minimum atomic E-state index is 0.730. The Morgan fingerprint density at radius 3 is 3.25 bits per heavy atom. The number of hydrogen-bond acceptors (Lipinski definition) is 3. The zero-order chi connectivity index (χ0) is 11.0. The molecule has 1 aliphatic heterocycles. The van der Waals surface area contributed by atoms with Gasteiger partial charge in [0.15, 0.2) is 0 Å². The molecular formula is C12H15N3O. The molecule has 0 spiro atoms. The molecule has 3 rings (SSSR count). The summed E-state index contributed by atoms with van der Waals surface area (Å²) in [5.41, 5.74) is 0. The second-order valence-corrected chi connectivity index (χ2v) is 4.54. The van der Waals surface area contributed by atoms with E-state index < -0.39 is 0 Å². The van der Waals surface area contributed by atoms with Crippen LogP contribution in [0.15, 0.2) is 22.8 Å². The molecule has 16 heavy (non-hydrogen) atoms. The summed E-state index contributed by atoms with van der Waals surface area (Å²) in [5, 5.41) is 8.52. The first kappa shape index (κ1) is 9.63. The van der Waals surface area contributed by atoms with Gasteiger partial charge in [-0.05, 0) is 24.5 Å². The van der Waals surface area contributed by atoms with E-state index in [4.69, 9.17) is 4.42 Å². The third kappa shape index (κ3) is 1.64. The van der Waals surface area contributed by atoms with Crippen LogP contribution in [0.3, 0.4) is 0 Å². The van der Waals surface area contributed by atoms with Crippen molar-refractivity contribution in [2.75, 3.05) is 0 Å². The van der Waals surface area contributed by atoms with Gasteiger partial charge in [-0.1, -0.05) is 6.92 Å². The van der Waals surface area contributed by atoms with E-state index in [9.17, 15) is 0 Å². The Kier molecular flexibility index (Phi) is 2.27. The molecular weight excluding hydrogens is 202 g/mol. The molecule has 0 aliphatic carbocycles. The van der Waals surface area contributed by atoms with Crippen molar-refractivity contribution in [3.05, 3.63) is 35.8 Å². The Hall–Kier alpha value is -1.58. The van der Waals surface area contributed by atoms with E-state index in [1.807, 2.05) is 12.1 Å². The minimum Gasteiger partial charge on any atom is -0.469 e. The Bertz CT molecular complexity index is 472. The van der Waals surface area contributed by atoms with Gasteiger partial charge in [-0.15, -0.1) is 10.2 Å². The lowest BCUT2D eigenvalue weighted by atomic mass is 10.0. The van der Waals surface area contributed by atoms with Crippen molar-refractivity contribution in [1.29, 1.82) is 0 Å². The second-order valence-electron chi connectivity index (χ2n) is 4.54. The van der Waals surface area contributed by atoms with Gasteiger partial charge in [-0.3, -0.25) is 0 Å². The van der Waals surface area contributed by atoms with Gasteiger partial charge in [0.25, 0.3) is 0 Å². The van der Waals surface area contributed by atoms with Gasteiger partial charge in [0.05, 0.1) is 12.7 Å². The predicted octanol–water partition coefficient (Wildman–Crippen LogP) is 2.04. The molecule has 0 saturated heterocycles. The van der Waals surface area contributed by atoms with Gasteiger partial charge in [-0.25, -0.2) is 0 Å². The predicted molar refractivity (Wildman–Crippen MR) is 59.0 cm³/mol. The lowest BCUT2D eigenvalue weighted by Crippen LogP contribution is -2.19. The smallest absolute Gasteiger partial charge is 0.140 e. The van der Waals surface area contributed by atoms with Crippen molar-refractivity contribution < 1.29 is 4.42 Å². The lowest BCUT2D eigenvalue weighted by Gasteiger charge is -2.19. The fourth-order valence-corrected chi connectivity index (χ4v) is 2.24. The van der Waals surface area contributed by atoms with Crippen LogP contribution in [0, 0.1) is 5.92 Å². The van der Waals surface area contributed by atoms with Gasteiger partial charge in [-0.2, -0.15) is 0 Å². The summed E-state index contributed by atoms with van der Waals surface area (Å²) in [6.45, 7) is 3.31. The summed E-state index contributed by atoms with van der Waals surface area (Å²) in [7, 11) is 0. The van der Waals surface area contributed by atoms with E-state index in [2.05, 4.69) is 21.7 Å². The molecule has 3 heterocycles. The summed E-state index contributed by atoms with van der Waals surface area (Å²) in [6, 6.07) is 3.89. The molecule has 0 fully saturated rings. The molecule has 2 aromatic rings. The third-order valence-electron chi connectivity index (χ3n) is 3.19. The van der Waals surface area contributed by atoms with Crippen LogP contribution in [0.5, 0.6) is 0 Å². The molecule has 4 nitrogen and oxygen atoms in total. The van der Waals surface area contributed by atoms with Gasteiger partial charge >= 0.3 is 0 Å². The summed E-state index contributed by atoms with van der Waals surface area (Å²) in [5.74, 6) is 3.83. The van der Waals surface area contributed by atoms with E-state index in [1.165, 1.54) is 6.42 Å². The van der Waals surface area contributed by atoms with Crippen molar-refractivity contribution >= 4 is 0 Å². The number of fused-ring (bicyclic) bond motifs is 1. The van der Waals surface area contributed by atoms with Crippen LogP contribution < -0.4 is 0 Å². The van der Waals surface area contributed by atoms with Crippen LogP contribution in [-0.2, 0) is 19.4 Å². The fraction of sp³-hybridized carbons (Fsp3) is 0.500. The highest BCUT2D eigenvalue weighted by Crippen LogP contribution is 2.20. The molecule has 1 unspecified atom stereocenters. The molecule has 0 bridgehead atoms. The lowest BCUT2D eigenvalue weighted by molar-refractivity contribution is 0.401. The molecule has 0 aromatic carbocycles. The van der Waals surface area contributed by atoms with Crippen molar-refractivity contribution in [1.82, 2.24) is 14.8 Å². The standard InChI is InChI=1S/C12H15N3O/c1-9-4-5-15-11(7-9)13-14-12(15)8-10-3-2-6-16-10/h2-3,6,9H,4-5,7-8H2,1H3. The quantitative estimate of drug-likeness (QED) is 0.773. The SMILES string of the molecule is CC1CCn2c(Cc3ccco3)nnc2C1. The zero-order valence-corrected chi connectivity index (χ0v) is 9.39. The molecule has 2 aromatic heterocycles. The normalized spacial score (nSPS) is 19.7. The molecule has 4 heteroatoms. The van der Waals surface area contributed by atoms with Gasteiger partial charge in [0, 0.05) is 13.0 Å². The van der Waals surface area contributed by atoms with Crippen LogP contribution in [0.2, 0.25) is 0 Å². The Labute approximate surface area is 94.3 Å². The summed E-state index contributed by atoms with van der Waals surface area (Å²) in [6.07, 6.45) is 4.71. The van der Waals surface area contributed by atoms with Crippen LogP contribution in [-0.4, -0.2) is 14.8 Å². The van der Waals surface area contributed by atoms with E-state index in [-0.39, 0.29) is 0 Å². The monoisotopic (exact) mass is 217 g/mol. The highest BCUT2D eigenvalue weighted by atomic mass is 16.3. The first-order chi connectivity index (χ1) is 7.83. The minimum absolute atomic E-state index is 0.730. The van der Waals surface area contributed by atoms with Crippen molar-refractivity contribution in [2.24, 2.45) is 5.92 Å². The molecule has 1 atom stereocenters. The molecule has 0 N–H and O–H groups in total. The summed E-state index contributed by atoms with van der Waals surface area (Å²) >= 11 is 0.